The van der Waals surface area contributed by atoms with Crippen LogP contribution in [-0.2, 0) is 18.8 Å². The molecule has 0 saturated heterocycles. The molecule has 1 aliphatic carbocycles. The molecule has 1 aromatic rings. The van der Waals surface area contributed by atoms with Gasteiger partial charge in [-0.2, -0.15) is 0 Å². The summed E-state index contributed by atoms with van der Waals surface area (Å²) in [4.78, 5) is 0. The van der Waals surface area contributed by atoms with Crippen LogP contribution in [0.3, 0.4) is 0 Å². The van der Waals surface area contributed by atoms with Crippen molar-refractivity contribution in [3.8, 4) is 0 Å². The monoisotopic (exact) mass is 467 g/mol. The van der Waals surface area contributed by atoms with Gasteiger partial charge in [0.2, 0.25) is 0 Å². The van der Waals surface area contributed by atoms with Crippen molar-refractivity contribution in [1.29, 1.82) is 0 Å². The fraction of sp³-hybridized carbons (Fsp3) is 0.556. The van der Waals surface area contributed by atoms with Gasteiger partial charge < -0.3 is 24.8 Å². The van der Waals surface area contributed by atoms with Gasteiger partial charge in [0.25, 0.3) is 0 Å². The van der Waals surface area contributed by atoms with Crippen LogP contribution in [0.1, 0.15) is 27.7 Å². The Morgan fingerprint density at radius 3 is 1.91 bits per heavy atom. The van der Waals surface area contributed by atoms with E-state index in [-0.39, 0.29) is 24.8 Å². The predicted octanol–water partition coefficient (Wildman–Crippen LogP) is 0.0561. The van der Waals surface area contributed by atoms with Gasteiger partial charge >= 0.3 is 136 Å². The fourth-order valence-electron chi connectivity index (χ4n) is 4.73. The minimum absolute atomic E-state index is 0. The standard InChI is InChI=1S/C11H19Si.C4H4P.3CH3.2ClH.Zr/c1-8-7-11(4,12(5)6)10(3)9(8)2;1-2-4-5-3-1;;;;;;/h12H,1-6H3;1-3,5H;3*1H3;2*1H;/q;;;;;;;+2/p-2. The van der Waals surface area contributed by atoms with E-state index in [1.807, 2.05) is 3.28 Å². The van der Waals surface area contributed by atoms with Gasteiger partial charge in [0.1, 0.15) is 0 Å². The van der Waals surface area contributed by atoms with Gasteiger partial charge in [0, 0.05) is 0 Å². The van der Waals surface area contributed by atoms with Gasteiger partial charge in [-0.3, -0.25) is 0 Å². The third-order valence-corrected chi connectivity index (χ3v) is 28.7. The summed E-state index contributed by atoms with van der Waals surface area (Å²) in [5.41, 5.74) is 4.92. The number of hydrogen-bond donors (Lipinski definition) is 0. The van der Waals surface area contributed by atoms with Gasteiger partial charge in [-0.1, -0.05) is 0 Å². The summed E-state index contributed by atoms with van der Waals surface area (Å²) < 4.78 is 11.7. The first-order valence-corrected chi connectivity index (χ1v) is 22.0. The zero-order valence-corrected chi connectivity index (χ0v) is 22.2. The van der Waals surface area contributed by atoms with E-state index in [9.17, 15) is 0 Å². The van der Waals surface area contributed by atoms with Crippen molar-refractivity contribution in [2.45, 2.75) is 59.7 Å². The number of rotatable bonds is 3. The third-order valence-electron chi connectivity index (χ3n) is 6.37. The maximum Gasteiger partial charge on any atom is -1.00 e. The van der Waals surface area contributed by atoms with Crippen LogP contribution >= 0.6 is 8.19 Å². The molecule has 1 heterocycles. The summed E-state index contributed by atoms with van der Waals surface area (Å²) in [5, 5.41) is 0.394. The first-order chi connectivity index (χ1) is 9.43. The maximum absolute atomic E-state index is 3.03. The SMILES string of the molecule is CC1=C(C)C(C)([SiH](C)C)[C]([Zr+2]([CH3])([CH3])([CH3])[c]2ccc[pH]2)=C1C.[Cl-].[Cl-]. The van der Waals surface area contributed by atoms with Crippen LogP contribution < -0.4 is 27.8 Å². The first-order valence-electron chi connectivity index (χ1n) is 8.19. The molecule has 2 atom stereocenters. The second-order valence-corrected chi connectivity index (χ2v) is 32.6. The summed E-state index contributed by atoms with van der Waals surface area (Å²) >= 11 is -3.03. The van der Waals surface area contributed by atoms with Gasteiger partial charge in [0.15, 0.2) is 0 Å². The van der Waals surface area contributed by atoms with Crippen molar-refractivity contribution in [2.75, 3.05) is 0 Å². The molecular weight excluding hydrogens is 437 g/mol. The molecule has 0 aromatic carbocycles. The minimum atomic E-state index is -3.03. The molecular formula is C18H32Cl2PSiZr. The molecule has 0 N–H and O–H groups in total. The van der Waals surface area contributed by atoms with E-state index in [1.165, 1.54) is 0 Å². The molecule has 0 nitrogen and oxygen atoms in total. The number of hydrogen-bond acceptors (Lipinski definition) is 0. The third kappa shape index (κ3) is 3.46. The molecule has 1 aromatic heterocycles. The van der Waals surface area contributed by atoms with Crippen LogP contribution in [0.5, 0.6) is 0 Å². The van der Waals surface area contributed by atoms with E-state index in [0.717, 1.165) is 8.19 Å². The zero-order valence-electron chi connectivity index (χ0n) is 16.1. The molecule has 0 spiro atoms. The summed E-state index contributed by atoms with van der Waals surface area (Å²) in [6.07, 6.45) is 0. The molecule has 0 aliphatic heterocycles. The molecule has 0 amide bonds. The molecule has 23 heavy (non-hydrogen) atoms. The Balaban J connectivity index is 0.00000242. The molecule has 0 bridgehead atoms. The average molecular weight is 470 g/mol. The van der Waals surface area contributed by atoms with Crippen molar-refractivity contribution >= 4 is 20.0 Å². The van der Waals surface area contributed by atoms with E-state index in [2.05, 4.69) is 72.6 Å². The van der Waals surface area contributed by atoms with Crippen LogP contribution in [0, 0.1) is 0 Å². The van der Waals surface area contributed by atoms with Crippen molar-refractivity contribution < 1.29 is 43.6 Å². The quantitative estimate of drug-likeness (QED) is 0.550. The smallest absolute Gasteiger partial charge is 1.00 e. The van der Waals surface area contributed by atoms with Crippen LogP contribution in [0.15, 0.2) is 37.9 Å². The van der Waals surface area contributed by atoms with E-state index >= 15 is 0 Å². The van der Waals surface area contributed by atoms with Crippen molar-refractivity contribution in [1.82, 2.24) is 0 Å². The van der Waals surface area contributed by atoms with Crippen molar-refractivity contribution in [3.05, 3.63) is 37.9 Å². The minimum Gasteiger partial charge on any atom is -1.00 e. The molecule has 0 saturated carbocycles. The van der Waals surface area contributed by atoms with Crippen LogP contribution in [0.4, 0.5) is 0 Å². The maximum atomic E-state index is 2.67. The van der Waals surface area contributed by atoms with Crippen LogP contribution in [0.25, 0.3) is 0 Å². The molecule has 0 fully saturated rings. The largest absolute Gasteiger partial charge is 1.00 e. The van der Waals surface area contributed by atoms with E-state index in [1.54, 1.807) is 19.7 Å². The van der Waals surface area contributed by atoms with Gasteiger partial charge in [-0.25, -0.2) is 0 Å². The van der Waals surface area contributed by atoms with E-state index in [4.69, 9.17) is 0 Å². The second-order valence-electron chi connectivity index (χ2n) is 8.82. The van der Waals surface area contributed by atoms with Crippen LogP contribution in [0.2, 0.25) is 32.0 Å². The van der Waals surface area contributed by atoms with E-state index in [0.29, 0.717) is 5.04 Å². The molecule has 131 valence electrons. The average Bonchev–Trinajstić information content (AvgIpc) is 2.94. The summed E-state index contributed by atoms with van der Waals surface area (Å²) in [6, 6.07) is 4.75. The molecule has 2 unspecified atom stereocenters. The van der Waals surface area contributed by atoms with Crippen LogP contribution in [-0.4, -0.2) is 8.80 Å². The predicted molar refractivity (Wildman–Crippen MR) is 101 cm³/mol. The van der Waals surface area contributed by atoms with Gasteiger partial charge in [0.05, 0.1) is 0 Å². The Bertz CT molecular complexity index is 636. The Hall–Kier alpha value is 0.940. The molecule has 2 rings (SSSR count). The molecule has 5 heteroatoms. The Morgan fingerprint density at radius 2 is 1.52 bits per heavy atom. The fourth-order valence-corrected chi connectivity index (χ4v) is 28.8. The summed E-state index contributed by atoms with van der Waals surface area (Å²) in [5.74, 6) is 2.38. The Kier molecular flexibility index (Phi) is 7.58. The van der Waals surface area contributed by atoms with E-state index < -0.39 is 27.6 Å². The van der Waals surface area contributed by atoms with Gasteiger partial charge in [-0.15, -0.1) is 0 Å². The zero-order chi connectivity index (χ0) is 16.2. The Morgan fingerprint density at radius 1 is 1.00 bits per heavy atom. The number of allylic oxidation sites excluding steroid dienone is 4. The topological polar surface area (TPSA) is 0 Å². The Labute approximate surface area is 160 Å². The second kappa shape index (κ2) is 7.28. The summed E-state index contributed by atoms with van der Waals surface area (Å²) in [6.45, 7) is 14.8. The van der Waals surface area contributed by atoms with Crippen molar-refractivity contribution in [2.24, 2.45) is 0 Å². The van der Waals surface area contributed by atoms with Crippen molar-refractivity contribution in [3.63, 3.8) is 0 Å². The molecule has 0 radical (unpaired) electrons. The number of halogens is 2. The first kappa shape index (κ1) is 23.9. The normalized spacial score (nSPS) is 22.7. The van der Waals surface area contributed by atoms with Gasteiger partial charge in [-0.05, 0) is 0 Å². The molecule has 1 aliphatic rings. The summed E-state index contributed by atoms with van der Waals surface area (Å²) in [7, 11) is 0.104.